The Kier molecular flexibility index (Phi) is 3.00. The Morgan fingerprint density at radius 1 is 1.29 bits per heavy atom. The van der Waals surface area contributed by atoms with E-state index < -0.39 is 5.97 Å². The number of carboxylic acid groups (broad SMARTS) is 1. The Bertz CT molecular complexity index is 558. The summed E-state index contributed by atoms with van der Waals surface area (Å²) in [6.07, 6.45) is 4.51. The minimum Gasteiger partial charge on any atom is -0.478 e. The molecule has 4 nitrogen and oxygen atoms in total. The fourth-order valence-corrected chi connectivity index (χ4v) is 1.35. The molecule has 0 saturated carbocycles. The van der Waals surface area contributed by atoms with Gasteiger partial charge in [-0.15, -0.1) is 0 Å². The zero-order valence-corrected chi connectivity index (χ0v) is 8.72. The summed E-state index contributed by atoms with van der Waals surface area (Å²) >= 11 is 0. The fraction of sp³-hybridized carbons (Fsp3) is 0. The highest BCUT2D eigenvalue weighted by Gasteiger charge is 2.09. The molecule has 17 heavy (non-hydrogen) atoms. The first-order chi connectivity index (χ1) is 8.16. The molecule has 0 saturated heterocycles. The molecule has 1 heterocycles. The minimum atomic E-state index is -1.04. The lowest BCUT2D eigenvalue weighted by atomic mass is 10.1. The monoisotopic (exact) mass is 232 g/mol. The number of hydrogen-bond acceptors (Lipinski definition) is 2. The van der Waals surface area contributed by atoms with Crippen LogP contribution in [0.25, 0.3) is 12.2 Å². The third-order valence-corrected chi connectivity index (χ3v) is 2.21. The Labute approximate surface area is 96.4 Å². The van der Waals surface area contributed by atoms with Crippen molar-refractivity contribution < 1.29 is 14.3 Å². The lowest BCUT2D eigenvalue weighted by Gasteiger charge is -1.93. The van der Waals surface area contributed by atoms with Crippen LogP contribution in [0.1, 0.15) is 21.6 Å². The molecule has 0 amide bonds. The second-order valence-corrected chi connectivity index (χ2v) is 3.39. The number of halogens is 1. The van der Waals surface area contributed by atoms with Crippen molar-refractivity contribution >= 4 is 18.1 Å². The zero-order valence-electron chi connectivity index (χ0n) is 8.72. The number of carbonyl (C=O) groups is 1. The molecule has 1 aromatic heterocycles. The number of carboxylic acids is 1. The highest BCUT2D eigenvalue weighted by Crippen LogP contribution is 2.11. The van der Waals surface area contributed by atoms with Crippen molar-refractivity contribution in [3.8, 4) is 0 Å². The Hall–Kier alpha value is -2.43. The van der Waals surface area contributed by atoms with Gasteiger partial charge in [0.25, 0.3) is 0 Å². The molecule has 2 aromatic rings. The molecule has 0 aliphatic carbocycles. The van der Waals surface area contributed by atoms with E-state index in [4.69, 9.17) is 5.11 Å². The van der Waals surface area contributed by atoms with E-state index in [1.54, 1.807) is 24.3 Å². The second kappa shape index (κ2) is 4.61. The number of benzene rings is 1. The summed E-state index contributed by atoms with van der Waals surface area (Å²) in [6.45, 7) is 0. The lowest BCUT2D eigenvalue weighted by molar-refractivity contribution is 0.0697. The predicted octanol–water partition coefficient (Wildman–Crippen LogP) is 2.42. The maximum atomic E-state index is 12.7. The van der Waals surface area contributed by atoms with E-state index in [1.807, 2.05) is 0 Å². The molecule has 2 rings (SSSR count). The Morgan fingerprint density at radius 3 is 2.65 bits per heavy atom. The van der Waals surface area contributed by atoms with Gasteiger partial charge in [-0.05, 0) is 23.8 Å². The van der Waals surface area contributed by atoms with E-state index in [2.05, 4.69) is 10.2 Å². The number of nitrogens with one attached hydrogen (secondary N) is 1. The van der Waals surface area contributed by atoms with Gasteiger partial charge in [0.15, 0.2) is 0 Å². The first-order valence-corrected chi connectivity index (χ1v) is 4.87. The van der Waals surface area contributed by atoms with Gasteiger partial charge in [-0.25, -0.2) is 9.18 Å². The molecule has 0 radical (unpaired) electrons. The molecule has 0 unspecified atom stereocenters. The Morgan fingerprint density at radius 2 is 2.00 bits per heavy atom. The zero-order chi connectivity index (χ0) is 12.3. The number of aromatic carboxylic acids is 1. The van der Waals surface area contributed by atoms with Gasteiger partial charge >= 0.3 is 5.97 Å². The molecule has 5 heteroatoms. The summed E-state index contributed by atoms with van der Waals surface area (Å²) in [5.74, 6) is -1.35. The molecule has 1 aromatic carbocycles. The van der Waals surface area contributed by atoms with Gasteiger partial charge in [-0.1, -0.05) is 18.2 Å². The van der Waals surface area contributed by atoms with Crippen molar-refractivity contribution in [2.24, 2.45) is 0 Å². The first kappa shape index (κ1) is 11.1. The normalized spacial score (nSPS) is 10.9. The molecule has 0 aliphatic rings. The quantitative estimate of drug-likeness (QED) is 0.854. The number of aromatic amines is 1. The Balaban J connectivity index is 2.23. The third-order valence-electron chi connectivity index (χ3n) is 2.21. The molecular formula is C12H9FN2O2. The number of nitrogens with zero attached hydrogens (tertiary/aromatic N) is 1. The fourth-order valence-electron chi connectivity index (χ4n) is 1.35. The van der Waals surface area contributed by atoms with Crippen molar-refractivity contribution in [2.75, 3.05) is 0 Å². The predicted molar refractivity (Wildman–Crippen MR) is 60.9 cm³/mol. The van der Waals surface area contributed by atoms with Crippen molar-refractivity contribution in [1.29, 1.82) is 0 Å². The first-order valence-electron chi connectivity index (χ1n) is 4.87. The van der Waals surface area contributed by atoms with E-state index in [0.717, 1.165) is 5.56 Å². The van der Waals surface area contributed by atoms with Crippen molar-refractivity contribution in [1.82, 2.24) is 10.2 Å². The van der Waals surface area contributed by atoms with Gasteiger partial charge in [0.1, 0.15) is 11.4 Å². The largest absolute Gasteiger partial charge is 0.478 e. The smallest absolute Gasteiger partial charge is 0.339 e. The average molecular weight is 232 g/mol. The molecule has 86 valence electrons. The van der Waals surface area contributed by atoms with E-state index in [1.165, 1.54) is 18.3 Å². The van der Waals surface area contributed by atoms with Crippen molar-refractivity contribution in [2.45, 2.75) is 0 Å². The van der Waals surface area contributed by atoms with E-state index >= 15 is 0 Å². The third kappa shape index (κ3) is 2.57. The SMILES string of the molecule is O=C(O)c1cn[nH]c1/C=C/c1ccc(F)cc1. The van der Waals surface area contributed by atoms with Gasteiger partial charge in [0.05, 0.1) is 11.9 Å². The summed E-state index contributed by atoms with van der Waals surface area (Å²) in [6, 6.07) is 5.88. The number of H-pyrrole nitrogens is 1. The van der Waals surface area contributed by atoms with Crippen LogP contribution in [0.15, 0.2) is 30.5 Å². The lowest BCUT2D eigenvalue weighted by Crippen LogP contribution is -1.96. The van der Waals surface area contributed by atoms with Crippen LogP contribution in [-0.2, 0) is 0 Å². The molecule has 0 bridgehead atoms. The van der Waals surface area contributed by atoms with Gasteiger partial charge in [0.2, 0.25) is 0 Å². The second-order valence-electron chi connectivity index (χ2n) is 3.39. The van der Waals surface area contributed by atoms with Crippen LogP contribution in [0, 0.1) is 5.82 Å². The van der Waals surface area contributed by atoms with E-state index in [0.29, 0.717) is 5.69 Å². The maximum Gasteiger partial charge on any atom is 0.339 e. The summed E-state index contributed by atoms with van der Waals surface area (Å²) in [5.41, 5.74) is 1.28. The van der Waals surface area contributed by atoms with Crippen LogP contribution >= 0.6 is 0 Å². The summed E-state index contributed by atoms with van der Waals surface area (Å²) in [5, 5.41) is 15.1. The van der Waals surface area contributed by atoms with Gasteiger partial charge < -0.3 is 5.11 Å². The summed E-state index contributed by atoms with van der Waals surface area (Å²) in [7, 11) is 0. The highest BCUT2D eigenvalue weighted by molar-refractivity contribution is 5.92. The number of rotatable bonds is 3. The van der Waals surface area contributed by atoms with Crippen LogP contribution in [-0.4, -0.2) is 21.3 Å². The standard InChI is InChI=1S/C12H9FN2O2/c13-9-4-1-8(2-5-9)3-6-11-10(12(16)17)7-14-15-11/h1-7H,(H,14,15)(H,16,17)/b6-3+. The topological polar surface area (TPSA) is 66.0 Å². The number of aromatic nitrogens is 2. The average Bonchev–Trinajstić information content (AvgIpc) is 2.76. The van der Waals surface area contributed by atoms with Gasteiger partial charge in [0, 0.05) is 0 Å². The van der Waals surface area contributed by atoms with Crippen LogP contribution in [0.3, 0.4) is 0 Å². The maximum absolute atomic E-state index is 12.7. The molecule has 0 fully saturated rings. The molecule has 0 atom stereocenters. The van der Waals surface area contributed by atoms with Gasteiger partial charge in [-0.3, -0.25) is 5.10 Å². The molecule has 2 N–H and O–H groups in total. The van der Waals surface area contributed by atoms with Crippen LogP contribution in [0.5, 0.6) is 0 Å². The van der Waals surface area contributed by atoms with Gasteiger partial charge in [-0.2, -0.15) is 5.10 Å². The molecule has 0 aliphatic heterocycles. The molecular weight excluding hydrogens is 223 g/mol. The van der Waals surface area contributed by atoms with Crippen LogP contribution in [0.4, 0.5) is 4.39 Å². The van der Waals surface area contributed by atoms with Crippen LogP contribution < -0.4 is 0 Å². The highest BCUT2D eigenvalue weighted by atomic mass is 19.1. The summed E-state index contributed by atoms with van der Waals surface area (Å²) in [4.78, 5) is 10.8. The minimum absolute atomic E-state index is 0.100. The summed E-state index contributed by atoms with van der Waals surface area (Å²) < 4.78 is 12.7. The number of hydrogen-bond donors (Lipinski definition) is 2. The van der Waals surface area contributed by atoms with Crippen molar-refractivity contribution in [3.05, 3.63) is 53.1 Å². The van der Waals surface area contributed by atoms with Crippen molar-refractivity contribution in [3.63, 3.8) is 0 Å². The van der Waals surface area contributed by atoms with Crippen LogP contribution in [0.2, 0.25) is 0 Å². The van der Waals surface area contributed by atoms with E-state index in [-0.39, 0.29) is 11.4 Å². The van der Waals surface area contributed by atoms with E-state index in [9.17, 15) is 9.18 Å². The molecule has 0 spiro atoms.